The molecule has 5 aromatic carbocycles. The van der Waals surface area contributed by atoms with E-state index in [2.05, 4.69) is 121 Å². The van der Waals surface area contributed by atoms with E-state index in [1.165, 1.54) is 31.2 Å². The average molecular weight is 501 g/mol. The van der Waals surface area contributed by atoms with E-state index in [1.54, 1.807) is 11.8 Å². The first-order valence-electron chi connectivity index (χ1n) is 12.1. The summed E-state index contributed by atoms with van der Waals surface area (Å²) in [6.45, 7) is 2.16. The van der Waals surface area contributed by atoms with Gasteiger partial charge in [-0.25, -0.2) is 0 Å². The molecule has 0 atom stereocenters. The molecule has 0 heterocycles. The molecule has 2 nitrogen and oxygen atoms in total. The highest BCUT2D eigenvalue weighted by atomic mass is 32.2. The number of thioether (sulfide) groups is 1. The average Bonchev–Trinajstić information content (AvgIpc) is 2.95. The van der Waals surface area contributed by atoms with E-state index in [-0.39, 0.29) is 0 Å². The zero-order valence-electron chi connectivity index (χ0n) is 20.5. The molecule has 0 aliphatic heterocycles. The summed E-state index contributed by atoms with van der Waals surface area (Å²) in [6, 6.07) is 47.5. The number of nitrogens with zero attached hydrogens (tertiary/aromatic N) is 2. The van der Waals surface area contributed by atoms with Crippen molar-refractivity contribution in [2.45, 2.75) is 11.8 Å². The molecular weight excluding hydrogens is 473 g/mol. The van der Waals surface area contributed by atoms with Gasteiger partial charge in [-0.3, -0.25) is 0 Å². The highest BCUT2D eigenvalue weighted by Crippen LogP contribution is 2.31. The van der Waals surface area contributed by atoms with Gasteiger partial charge in [0.1, 0.15) is 0 Å². The summed E-state index contributed by atoms with van der Waals surface area (Å²) in [5.74, 6) is 0. The van der Waals surface area contributed by atoms with E-state index in [9.17, 15) is 0 Å². The van der Waals surface area contributed by atoms with E-state index in [0.717, 1.165) is 11.4 Å². The number of rotatable bonds is 7. The molecule has 0 radical (unpaired) electrons. The van der Waals surface area contributed by atoms with Gasteiger partial charge >= 0.3 is 0 Å². The highest BCUT2D eigenvalue weighted by molar-refractivity contribution is 7.99. The molecule has 0 spiro atoms. The minimum absolute atomic E-state index is 0.852. The fourth-order valence-electron chi connectivity index (χ4n) is 4.96. The van der Waals surface area contributed by atoms with Gasteiger partial charge in [0.2, 0.25) is 0 Å². The minimum Gasteiger partial charge on any atom is -0.151 e. The molecule has 0 amide bonds. The second-order valence-electron chi connectivity index (χ2n) is 8.75. The Hall–Kier alpha value is -3.73. The molecule has 0 aliphatic rings. The van der Waals surface area contributed by atoms with Crippen LogP contribution in [0, 0.1) is 6.92 Å². The summed E-state index contributed by atoms with van der Waals surface area (Å²) in [7, 11) is -2.66. The third kappa shape index (κ3) is 4.58. The molecule has 0 fully saturated rings. The van der Waals surface area contributed by atoms with Crippen LogP contribution >= 0.6 is 11.8 Å². The van der Waals surface area contributed by atoms with Gasteiger partial charge in [0.25, 0.3) is 0 Å². The maximum atomic E-state index is 4.79. The van der Waals surface area contributed by atoms with Crippen molar-refractivity contribution in [1.82, 2.24) is 0 Å². The molecule has 0 saturated heterocycles. The Morgan fingerprint density at radius 3 is 1.44 bits per heavy atom. The summed E-state index contributed by atoms with van der Waals surface area (Å²) in [4.78, 5) is 1.18. The Kier molecular flexibility index (Phi) is 7.26. The summed E-state index contributed by atoms with van der Waals surface area (Å²) < 4.78 is 0. The minimum atomic E-state index is -2.66. The standard InChI is InChI=1S/C32H28N2SSi/c1-25-23-30(34-33-26-15-7-3-8-16-26)32(35-2)31(24-25)36(27-17-9-4-10-18-27,28-19-11-5-12-20-28)29-21-13-6-14-22-29/h3-24H,1-2H3. The van der Waals surface area contributed by atoms with E-state index in [4.69, 9.17) is 5.11 Å². The van der Waals surface area contributed by atoms with Gasteiger partial charge < -0.3 is 0 Å². The zero-order valence-corrected chi connectivity index (χ0v) is 22.3. The van der Waals surface area contributed by atoms with Crippen molar-refractivity contribution in [2.24, 2.45) is 10.2 Å². The molecule has 5 aromatic rings. The van der Waals surface area contributed by atoms with Crippen LogP contribution in [0.5, 0.6) is 0 Å². The topological polar surface area (TPSA) is 24.7 Å². The molecule has 36 heavy (non-hydrogen) atoms. The molecule has 4 heteroatoms. The third-order valence-electron chi connectivity index (χ3n) is 6.47. The number of aryl methyl sites for hydroxylation is 1. The molecule has 0 bridgehead atoms. The van der Waals surface area contributed by atoms with Crippen molar-refractivity contribution in [1.29, 1.82) is 0 Å². The van der Waals surface area contributed by atoms with E-state index >= 15 is 0 Å². The quantitative estimate of drug-likeness (QED) is 0.108. The largest absolute Gasteiger partial charge is 0.180 e. The summed E-state index contributed by atoms with van der Waals surface area (Å²) in [5.41, 5.74) is 2.95. The Morgan fingerprint density at radius 1 is 0.556 bits per heavy atom. The predicted octanol–water partition coefficient (Wildman–Crippen LogP) is 6.51. The lowest BCUT2D eigenvalue weighted by atomic mass is 10.2. The van der Waals surface area contributed by atoms with Crippen LogP contribution in [-0.4, -0.2) is 14.3 Å². The van der Waals surface area contributed by atoms with Crippen LogP contribution < -0.4 is 20.7 Å². The van der Waals surface area contributed by atoms with E-state index in [0.29, 0.717) is 0 Å². The molecule has 5 rings (SSSR count). The van der Waals surface area contributed by atoms with Crippen molar-refractivity contribution in [3.8, 4) is 0 Å². The summed E-state index contributed by atoms with van der Waals surface area (Å²) in [5, 5.41) is 14.8. The molecule has 176 valence electrons. The first-order valence-corrected chi connectivity index (χ1v) is 15.3. The second-order valence-corrected chi connectivity index (χ2v) is 13.3. The predicted molar refractivity (Wildman–Crippen MR) is 157 cm³/mol. The van der Waals surface area contributed by atoms with Gasteiger partial charge in [0.15, 0.2) is 8.07 Å². The van der Waals surface area contributed by atoms with Gasteiger partial charge in [-0.15, -0.1) is 16.9 Å². The lowest BCUT2D eigenvalue weighted by Crippen LogP contribution is -2.75. The van der Waals surface area contributed by atoms with Crippen molar-refractivity contribution in [2.75, 3.05) is 6.26 Å². The third-order valence-corrected chi connectivity index (χ3v) is 12.3. The zero-order chi connectivity index (χ0) is 24.8. The lowest BCUT2D eigenvalue weighted by molar-refractivity contribution is 1.19. The van der Waals surface area contributed by atoms with Crippen LogP contribution in [0.25, 0.3) is 0 Å². The number of hydrogen-bond acceptors (Lipinski definition) is 3. The van der Waals surface area contributed by atoms with E-state index in [1.807, 2.05) is 30.3 Å². The van der Waals surface area contributed by atoms with E-state index < -0.39 is 8.07 Å². The normalized spacial score (nSPS) is 11.6. The van der Waals surface area contributed by atoms with Gasteiger partial charge in [0.05, 0.1) is 11.4 Å². The first-order chi connectivity index (χ1) is 17.7. The van der Waals surface area contributed by atoms with Crippen molar-refractivity contribution < 1.29 is 0 Å². The smallest absolute Gasteiger partial charge is 0.151 e. The number of hydrogen-bond donors (Lipinski definition) is 0. The van der Waals surface area contributed by atoms with Crippen molar-refractivity contribution >= 4 is 52.0 Å². The Bertz CT molecular complexity index is 1360. The lowest BCUT2D eigenvalue weighted by Gasteiger charge is -2.36. The van der Waals surface area contributed by atoms with Crippen LogP contribution in [0.4, 0.5) is 11.4 Å². The number of benzene rings is 5. The Morgan fingerprint density at radius 2 is 1.00 bits per heavy atom. The second kappa shape index (κ2) is 10.9. The fourth-order valence-corrected chi connectivity index (χ4v) is 11.2. The molecule has 0 aromatic heterocycles. The van der Waals surface area contributed by atoms with Crippen LogP contribution in [0.1, 0.15) is 5.56 Å². The molecule has 0 aliphatic carbocycles. The molecular formula is C32H28N2SSi. The van der Waals surface area contributed by atoms with Gasteiger partial charge in [-0.2, -0.15) is 5.11 Å². The summed E-state index contributed by atoms with van der Waals surface area (Å²) in [6.07, 6.45) is 2.15. The van der Waals surface area contributed by atoms with Crippen LogP contribution in [0.15, 0.2) is 149 Å². The molecule has 0 saturated carbocycles. The maximum absolute atomic E-state index is 4.79. The van der Waals surface area contributed by atoms with Gasteiger partial charge in [-0.1, -0.05) is 115 Å². The first kappa shape index (κ1) is 24.0. The SMILES string of the molecule is CSc1c(N=Nc2ccccc2)cc(C)cc1[Si](c1ccccc1)(c1ccccc1)c1ccccc1. The maximum Gasteiger partial charge on any atom is 0.180 e. The van der Waals surface area contributed by atoms with Crippen molar-refractivity contribution in [3.63, 3.8) is 0 Å². The highest BCUT2D eigenvalue weighted by Gasteiger charge is 2.43. The Labute approximate surface area is 218 Å². The number of azo groups is 1. The van der Waals surface area contributed by atoms with Crippen LogP contribution in [-0.2, 0) is 0 Å². The van der Waals surface area contributed by atoms with Gasteiger partial charge in [0, 0.05) is 4.90 Å². The molecule has 0 N–H and O–H groups in total. The summed E-state index contributed by atoms with van der Waals surface area (Å²) >= 11 is 1.76. The Balaban J connectivity index is 1.86. The van der Waals surface area contributed by atoms with Crippen LogP contribution in [0.2, 0.25) is 0 Å². The van der Waals surface area contributed by atoms with Gasteiger partial charge in [-0.05, 0) is 57.7 Å². The van der Waals surface area contributed by atoms with Crippen LogP contribution in [0.3, 0.4) is 0 Å². The fraction of sp³-hybridized carbons (Fsp3) is 0.0625. The van der Waals surface area contributed by atoms with Crippen molar-refractivity contribution in [3.05, 3.63) is 139 Å². The molecule has 0 unspecified atom stereocenters. The monoisotopic (exact) mass is 500 g/mol.